The zero-order valence-electron chi connectivity index (χ0n) is 12.1. The minimum absolute atomic E-state index is 0.0381. The van der Waals surface area contributed by atoms with Crippen LogP contribution in [0, 0.1) is 17.7 Å². The van der Waals surface area contributed by atoms with E-state index in [1.807, 2.05) is 6.92 Å². The Morgan fingerprint density at radius 1 is 1.43 bits per heavy atom. The molecule has 0 bridgehead atoms. The van der Waals surface area contributed by atoms with E-state index in [9.17, 15) is 12.8 Å². The van der Waals surface area contributed by atoms with Gasteiger partial charge in [0.2, 0.25) is 10.0 Å². The van der Waals surface area contributed by atoms with Crippen LogP contribution < -0.4 is 5.73 Å². The molecule has 0 amide bonds. The molecule has 0 aliphatic heterocycles. The average Bonchev–Trinajstić information content (AvgIpc) is 2.45. The van der Waals surface area contributed by atoms with Crippen LogP contribution in [0.3, 0.4) is 0 Å². The number of rotatable bonds is 6. The van der Waals surface area contributed by atoms with E-state index in [0.717, 1.165) is 16.4 Å². The Morgan fingerprint density at radius 2 is 2.14 bits per heavy atom. The summed E-state index contributed by atoms with van der Waals surface area (Å²) in [5.41, 5.74) is 5.37. The van der Waals surface area contributed by atoms with Gasteiger partial charge in [-0.2, -0.15) is 4.31 Å². The molecule has 5 nitrogen and oxygen atoms in total. The lowest BCUT2D eigenvalue weighted by Crippen LogP contribution is -2.30. The summed E-state index contributed by atoms with van der Waals surface area (Å²) in [5, 5.41) is 0. The second-order valence-corrected chi connectivity index (χ2v) is 6.18. The number of nitrogens with two attached hydrogens (primary N) is 1. The Kier molecular flexibility index (Phi) is 6.78. The minimum atomic E-state index is -3.75. The van der Waals surface area contributed by atoms with Crippen LogP contribution in [0.4, 0.5) is 4.39 Å². The molecule has 1 aromatic carbocycles. The van der Waals surface area contributed by atoms with Gasteiger partial charge < -0.3 is 10.5 Å². The van der Waals surface area contributed by atoms with Gasteiger partial charge in [0.15, 0.2) is 0 Å². The molecular formula is C14H19FN2O3S. The number of benzene rings is 1. The lowest BCUT2D eigenvalue weighted by Gasteiger charge is -2.18. The zero-order valence-corrected chi connectivity index (χ0v) is 12.9. The Labute approximate surface area is 124 Å². The first-order valence-electron chi connectivity index (χ1n) is 6.46. The largest absolute Gasteiger partial charge is 0.380 e. The van der Waals surface area contributed by atoms with Crippen molar-refractivity contribution in [2.24, 2.45) is 5.73 Å². The molecule has 0 atom stereocenters. The first-order chi connectivity index (χ1) is 9.93. The molecule has 0 aromatic heterocycles. The van der Waals surface area contributed by atoms with Crippen molar-refractivity contribution in [3.63, 3.8) is 0 Å². The molecule has 0 radical (unpaired) electrons. The molecule has 116 valence electrons. The van der Waals surface area contributed by atoms with Crippen molar-refractivity contribution < 1.29 is 17.5 Å². The summed E-state index contributed by atoms with van der Waals surface area (Å²) < 4.78 is 44.5. The standard InChI is InChI=1S/C14H19FN2O3S/c1-3-20-10-9-17(2)21(18,19)14-7-6-13(15)11-12(14)5-4-8-16/h6-7,11H,3,8-10,16H2,1-2H3. The van der Waals surface area contributed by atoms with Gasteiger partial charge in [-0.3, -0.25) is 0 Å². The number of sulfonamides is 1. The third-order valence-corrected chi connectivity index (χ3v) is 4.62. The van der Waals surface area contributed by atoms with Crippen LogP contribution in [0.25, 0.3) is 0 Å². The summed E-state index contributed by atoms with van der Waals surface area (Å²) in [5.74, 6) is 4.58. The van der Waals surface area contributed by atoms with Gasteiger partial charge in [0, 0.05) is 25.8 Å². The molecule has 0 unspecified atom stereocenters. The van der Waals surface area contributed by atoms with E-state index in [1.54, 1.807) is 0 Å². The fraction of sp³-hybridized carbons (Fsp3) is 0.429. The number of hydrogen-bond donors (Lipinski definition) is 1. The van der Waals surface area contributed by atoms with Gasteiger partial charge in [-0.15, -0.1) is 0 Å². The van der Waals surface area contributed by atoms with Gasteiger partial charge in [0.05, 0.1) is 18.0 Å². The topological polar surface area (TPSA) is 72.6 Å². The number of nitrogens with zero attached hydrogens (tertiary/aromatic N) is 1. The molecule has 0 aliphatic carbocycles. The molecule has 0 aliphatic rings. The SMILES string of the molecule is CCOCCN(C)S(=O)(=O)c1ccc(F)cc1C#CCN. The van der Waals surface area contributed by atoms with Crippen molar-refractivity contribution in [3.8, 4) is 11.8 Å². The molecular weight excluding hydrogens is 295 g/mol. The second kappa shape index (κ2) is 8.10. The maximum Gasteiger partial charge on any atom is 0.244 e. The highest BCUT2D eigenvalue weighted by molar-refractivity contribution is 7.89. The fourth-order valence-corrected chi connectivity index (χ4v) is 2.88. The number of likely N-dealkylation sites (N-methyl/N-ethyl adjacent to an activating group) is 1. The highest BCUT2D eigenvalue weighted by Crippen LogP contribution is 2.19. The van der Waals surface area contributed by atoms with Crippen LogP contribution >= 0.6 is 0 Å². The van der Waals surface area contributed by atoms with Crippen molar-refractivity contribution in [2.45, 2.75) is 11.8 Å². The Balaban J connectivity index is 3.12. The van der Waals surface area contributed by atoms with Crippen molar-refractivity contribution >= 4 is 10.0 Å². The average molecular weight is 314 g/mol. The van der Waals surface area contributed by atoms with Crippen molar-refractivity contribution in [1.29, 1.82) is 0 Å². The predicted octanol–water partition coefficient (Wildman–Crippen LogP) is 0.793. The van der Waals surface area contributed by atoms with Gasteiger partial charge in [-0.05, 0) is 25.1 Å². The lowest BCUT2D eigenvalue weighted by molar-refractivity contribution is 0.138. The monoisotopic (exact) mass is 314 g/mol. The first-order valence-corrected chi connectivity index (χ1v) is 7.90. The Hall–Kier alpha value is -1.46. The van der Waals surface area contributed by atoms with Gasteiger partial charge in [0.25, 0.3) is 0 Å². The molecule has 0 spiro atoms. The molecule has 0 fully saturated rings. The summed E-state index contributed by atoms with van der Waals surface area (Å²) in [6, 6.07) is 3.39. The Morgan fingerprint density at radius 3 is 2.76 bits per heavy atom. The summed E-state index contributed by atoms with van der Waals surface area (Å²) >= 11 is 0. The van der Waals surface area contributed by atoms with Crippen LogP contribution in [0.1, 0.15) is 12.5 Å². The smallest absolute Gasteiger partial charge is 0.244 e. The molecule has 0 saturated carbocycles. The number of ether oxygens (including phenoxy) is 1. The maximum atomic E-state index is 13.3. The summed E-state index contributed by atoms with van der Waals surface area (Å²) in [6.45, 7) is 2.90. The van der Waals surface area contributed by atoms with Crippen molar-refractivity contribution in [3.05, 3.63) is 29.6 Å². The van der Waals surface area contributed by atoms with Crippen molar-refractivity contribution in [1.82, 2.24) is 4.31 Å². The van der Waals surface area contributed by atoms with Gasteiger partial charge in [-0.25, -0.2) is 12.8 Å². The van der Waals surface area contributed by atoms with Gasteiger partial charge in [0.1, 0.15) is 5.82 Å². The van der Waals surface area contributed by atoms with Crippen LogP contribution in [-0.2, 0) is 14.8 Å². The predicted molar refractivity (Wildman–Crippen MR) is 78.6 cm³/mol. The number of halogens is 1. The number of hydrogen-bond acceptors (Lipinski definition) is 4. The molecule has 0 saturated heterocycles. The van der Waals surface area contributed by atoms with Crippen molar-refractivity contribution in [2.75, 3.05) is 33.4 Å². The molecule has 1 aromatic rings. The third-order valence-electron chi connectivity index (χ3n) is 2.71. The summed E-state index contributed by atoms with van der Waals surface area (Å²) in [4.78, 5) is -0.0381. The molecule has 21 heavy (non-hydrogen) atoms. The first kappa shape index (κ1) is 17.6. The molecule has 7 heteroatoms. The van der Waals surface area contributed by atoms with Gasteiger partial charge >= 0.3 is 0 Å². The summed E-state index contributed by atoms with van der Waals surface area (Å²) in [6.07, 6.45) is 0. The maximum absolute atomic E-state index is 13.3. The van der Waals surface area contributed by atoms with E-state index in [2.05, 4.69) is 11.8 Å². The highest BCUT2D eigenvalue weighted by Gasteiger charge is 2.23. The van der Waals surface area contributed by atoms with E-state index in [4.69, 9.17) is 10.5 Å². The van der Waals surface area contributed by atoms with Gasteiger partial charge in [-0.1, -0.05) is 11.8 Å². The molecule has 0 heterocycles. The zero-order chi connectivity index (χ0) is 15.9. The lowest BCUT2D eigenvalue weighted by atomic mass is 10.2. The van der Waals surface area contributed by atoms with E-state index in [0.29, 0.717) is 6.61 Å². The van der Waals surface area contributed by atoms with Crippen LogP contribution in [0.15, 0.2) is 23.1 Å². The Bertz CT molecular complexity index is 635. The van der Waals surface area contributed by atoms with Crippen LogP contribution in [0.2, 0.25) is 0 Å². The van der Waals surface area contributed by atoms with E-state index >= 15 is 0 Å². The molecule has 1 rings (SSSR count). The normalized spacial score (nSPS) is 11.3. The molecule has 2 N–H and O–H groups in total. The van der Waals surface area contributed by atoms with E-state index in [-0.39, 0.29) is 30.2 Å². The van der Waals surface area contributed by atoms with E-state index < -0.39 is 15.8 Å². The summed E-state index contributed by atoms with van der Waals surface area (Å²) in [7, 11) is -2.31. The quantitative estimate of drug-likeness (QED) is 0.622. The highest BCUT2D eigenvalue weighted by atomic mass is 32.2. The van der Waals surface area contributed by atoms with Crippen LogP contribution in [0.5, 0.6) is 0 Å². The van der Waals surface area contributed by atoms with Crippen LogP contribution in [-0.4, -0.2) is 46.1 Å². The third kappa shape index (κ3) is 4.79. The second-order valence-electron chi connectivity index (χ2n) is 4.17. The fourth-order valence-electron chi connectivity index (χ4n) is 1.60. The minimum Gasteiger partial charge on any atom is -0.380 e. The van der Waals surface area contributed by atoms with E-state index in [1.165, 1.54) is 13.1 Å².